The van der Waals surface area contributed by atoms with Gasteiger partial charge in [0.1, 0.15) is 18.1 Å². The number of nitrogens with zero attached hydrogens (tertiary/aromatic N) is 3. The molecule has 202 valence electrons. The maximum atomic E-state index is 13.5. The predicted molar refractivity (Wildman–Crippen MR) is 150 cm³/mol. The number of hydrogen-bond donors (Lipinski definition) is 1. The number of rotatable bonds is 9. The van der Waals surface area contributed by atoms with E-state index in [4.69, 9.17) is 4.74 Å². The lowest BCUT2D eigenvalue weighted by atomic mass is 10.2. The van der Waals surface area contributed by atoms with Crippen LogP contribution < -0.4 is 14.5 Å². The Balaban J connectivity index is 1.55. The first-order chi connectivity index (χ1) is 18.6. The lowest BCUT2D eigenvalue weighted by Gasteiger charge is -2.24. The Bertz CT molecular complexity index is 1590. The van der Waals surface area contributed by atoms with Crippen LogP contribution in [0.4, 0.5) is 10.1 Å². The van der Waals surface area contributed by atoms with Crippen molar-refractivity contribution < 1.29 is 22.3 Å². The van der Waals surface area contributed by atoms with Gasteiger partial charge in [0.2, 0.25) is 0 Å². The van der Waals surface area contributed by atoms with Gasteiger partial charge in [0, 0.05) is 22.6 Å². The molecule has 8 nitrogen and oxygen atoms in total. The summed E-state index contributed by atoms with van der Waals surface area (Å²) in [6.07, 6.45) is 1.49. The van der Waals surface area contributed by atoms with Gasteiger partial charge in [-0.05, 0) is 87.5 Å². The molecule has 39 heavy (non-hydrogen) atoms. The molecule has 0 aliphatic carbocycles. The summed E-state index contributed by atoms with van der Waals surface area (Å²) in [6, 6.07) is 20.8. The minimum Gasteiger partial charge on any atom is -0.497 e. The number of ether oxygens (including phenoxy) is 1. The number of carbonyl (C=O) groups excluding carboxylic acids is 1. The second kappa shape index (κ2) is 11.5. The van der Waals surface area contributed by atoms with E-state index >= 15 is 0 Å². The van der Waals surface area contributed by atoms with Gasteiger partial charge in [-0.1, -0.05) is 17.7 Å². The molecule has 0 unspecified atom stereocenters. The highest BCUT2D eigenvalue weighted by Gasteiger charge is 2.27. The number of halogens is 1. The summed E-state index contributed by atoms with van der Waals surface area (Å²) in [5.41, 5.74) is 6.94. The number of aryl methyl sites for hydroxylation is 2. The smallest absolute Gasteiger partial charge is 0.264 e. The van der Waals surface area contributed by atoms with Gasteiger partial charge in [-0.3, -0.25) is 9.10 Å². The first-order valence-electron chi connectivity index (χ1n) is 12.1. The van der Waals surface area contributed by atoms with Crippen molar-refractivity contribution in [2.24, 2.45) is 5.10 Å². The van der Waals surface area contributed by atoms with Crippen LogP contribution in [0.1, 0.15) is 22.5 Å². The van der Waals surface area contributed by atoms with E-state index in [1.807, 2.05) is 31.4 Å². The second-order valence-electron chi connectivity index (χ2n) is 8.95. The van der Waals surface area contributed by atoms with E-state index in [1.165, 1.54) is 37.6 Å². The van der Waals surface area contributed by atoms with Crippen molar-refractivity contribution in [2.75, 3.05) is 18.0 Å². The zero-order valence-corrected chi connectivity index (χ0v) is 22.9. The SMILES string of the molecule is COc1ccc(N(CC(=O)N/N=C/c2cc(C)n(-c3ccc(F)cc3)c2C)S(=O)(=O)c2ccc(C)cc2)cc1. The van der Waals surface area contributed by atoms with Crippen LogP contribution in [-0.4, -0.2) is 38.8 Å². The number of aromatic nitrogens is 1. The van der Waals surface area contributed by atoms with E-state index in [0.717, 1.165) is 32.5 Å². The first kappa shape index (κ1) is 27.6. The van der Waals surface area contributed by atoms with Gasteiger partial charge in [-0.2, -0.15) is 5.10 Å². The number of amides is 1. The van der Waals surface area contributed by atoms with E-state index < -0.39 is 22.5 Å². The highest BCUT2D eigenvalue weighted by Crippen LogP contribution is 2.26. The van der Waals surface area contributed by atoms with Crippen molar-refractivity contribution >= 4 is 27.8 Å². The third kappa shape index (κ3) is 6.18. The molecule has 1 heterocycles. The van der Waals surface area contributed by atoms with Crippen LogP contribution >= 0.6 is 0 Å². The Morgan fingerprint density at radius 2 is 1.64 bits per heavy atom. The minimum absolute atomic E-state index is 0.0634. The molecular formula is C29H29FN4O4S. The average molecular weight is 549 g/mol. The Hall–Kier alpha value is -4.44. The van der Waals surface area contributed by atoms with Gasteiger partial charge < -0.3 is 9.30 Å². The van der Waals surface area contributed by atoms with Crippen molar-refractivity contribution in [1.29, 1.82) is 0 Å². The monoisotopic (exact) mass is 548 g/mol. The first-order valence-corrected chi connectivity index (χ1v) is 13.5. The van der Waals surface area contributed by atoms with Crippen molar-refractivity contribution in [3.8, 4) is 11.4 Å². The Morgan fingerprint density at radius 3 is 2.26 bits per heavy atom. The third-order valence-corrected chi connectivity index (χ3v) is 7.99. The molecule has 0 spiro atoms. The summed E-state index contributed by atoms with van der Waals surface area (Å²) in [5.74, 6) is -0.386. The molecule has 0 aliphatic heterocycles. The molecule has 0 radical (unpaired) electrons. The van der Waals surface area contributed by atoms with Gasteiger partial charge in [0.25, 0.3) is 15.9 Å². The van der Waals surface area contributed by atoms with Crippen molar-refractivity contribution in [1.82, 2.24) is 9.99 Å². The summed E-state index contributed by atoms with van der Waals surface area (Å²) in [4.78, 5) is 12.9. The zero-order chi connectivity index (χ0) is 28.2. The number of sulfonamides is 1. The summed E-state index contributed by atoms with van der Waals surface area (Å²) in [5, 5.41) is 4.07. The van der Waals surface area contributed by atoms with E-state index in [0.29, 0.717) is 11.4 Å². The predicted octanol–water partition coefficient (Wildman–Crippen LogP) is 4.90. The van der Waals surface area contributed by atoms with E-state index in [2.05, 4.69) is 10.5 Å². The third-order valence-electron chi connectivity index (χ3n) is 6.20. The fourth-order valence-electron chi connectivity index (χ4n) is 4.15. The van der Waals surface area contributed by atoms with E-state index in [-0.39, 0.29) is 10.7 Å². The molecule has 3 aromatic carbocycles. The molecule has 1 amide bonds. The quantitative estimate of drug-likeness (QED) is 0.238. The van der Waals surface area contributed by atoms with Crippen LogP contribution in [0.3, 0.4) is 0 Å². The molecule has 0 atom stereocenters. The molecule has 10 heteroatoms. The number of hydrogen-bond acceptors (Lipinski definition) is 5. The summed E-state index contributed by atoms with van der Waals surface area (Å²) >= 11 is 0. The number of carbonyl (C=O) groups is 1. The molecule has 1 aromatic heterocycles. The topological polar surface area (TPSA) is 93.0 Å². The normalized spacial score (nSPS) is 11.5. The lowest BCUT2D eigenvalue weighted by molar-refractivity contribution is -0.119. The zero-order valence-electron chi connectivity index (χ0n) is 22.1. The molecule has 0 saturated carbocycles. The van der Waals surface area contributed by atoms with Crippen LogP contribution in [0.5, 0.6) is 5.75 Å². The number of methoxy groups -OCH3 is 1. The molecule has 0 fully saturated rings. The van der Waals surface area contributed by atoms with Crippen LogP contribution in [0.25, 0.3) is 5.69 Å². The largest absolute Gasteiger partial charge is 0.497 e. The van der Waals surface area contributed by atoms with Crippen molar-refractivity contribution in [3.05, 3.63) is 107 Å². The highest BCUT2D eigenvalue weighted by atomic mass is 32.2. The van der Waals surface area contributed by atoms with Crippen LogP contribution in [0, 0.1) is 26.6 Å². The fourth-order valence-corrected chi connectivity index (χ4v) is 5.57. The van der Waals surface area contributed by atoms with Crippen LogP contribution in [0.2, 0.25) is 0 Å². The van der Waals surface area contributed by atoms with Crippen LogP contribution in [-0.2, 0) is 14.8 Å². The highest BCUT2D eigenvalue weighted by molar-refractivity contribution is 7.92. The van der Waals surface area contributed by atoms with Crippen molar-refractivity contribution in [2.45, 2.75) is 25.7 Å². The van der Waals surface area contributed by atoms with E-state index in [9.17, 15) is 17.6 Å². The maximum absolute atomic E-state index is 13.5. The number of anilines is 1. The second-order valence-corrected chi connectivity index (χ2v) is 10.8. The van der Waals surface area contributed by atoms with Gasteiger partial charge in [-0.15, -0.1) is 0 Å². The summed E-state index contributed by atoms with van der Waals surface area (Å²) in [7, 11) is -2.54. The Kier molecular flexibility index (Phi) is 8.15. The Morgan fingerprint density at radius 1 is 1.00 bits per heavy atom. The van der Waals surface area contributed by atoms with Gasteiger partial charge in [-0.25, -0.2) is 18.2 Å². The lowest BCUT2D eigenvalue weighted by Crippen LogP contribution is -2.39. The summed E-state index contributed by atoms with van der Waals surface area (Å²) in [6.45, 7) is 5.17. The standard InChI is InChI=1S/C29H29FN4O4S/c1-20-5-15-28(16-6-20)39(36,37)33(25-11-13-27(38-4)14-12-25)19-29(35)32-31-18-23-17-21(2)34(22(23)3)26-9-7-24(30)8-10-26/h5-18H,19H2,1-4H3,(H,32,35)/b31-18+. The molecule has 4 rings (SSSR count). The molecule has 4 aromatic rings. The van der Waals surface area contributed by atoms with Gasteiger partial charge in [0.15, 0.2) is 0 Å². The average Bonchev–Trinajstić information content (AvgIpc) is 3.20. The van der Waals surface area contributed by atoms with Crippen molar-refractivity contribution in [3.63, 3.8) is 0 Å². The molecule has 0 bridgehead atoms. The minimum atomic E-state index is -4.06. The molecular weight excluding hydrogens is 519 g/mol. The van der Waals surface area contributed by atoms with Crippen LogP contribution in [0.15, 0.2) is 88.9 Å². The molecule has 0 aliphatic rings. The Labute approximate surface area is 227 Å². The number of benzene rings is 3. The van der Waals surface area contributed by atoms with Gasteiger partial charge in [0.05, 0.1) is 23.9 Å². The molecule has 1 N–H and O–H groups in total. The fraction of sp³-hybridized carbons (Fsp3) is 0.172. The van der Waals surface area contributed by atoms with Gasteiger partial charge >= 0.3 is 0 Å². The van der Waals surface area contributed by atoms with E-state index in [1.54, 1.807) is 48.5 Å². The summed E-state index contributed by atoms with van der Waals surface area (Å²) < 4.78 is 48.5. The maximum Gasteiger partial charge on any atom is 0.264 e. The number of hydrazone groups is 1. The number of nitrogens with one attached hydrogen (secondary N) is 1. The molecule has 0 saturated heterocycles.